The third-order valence-electron chi connectivity index (χ3n) is 1.25. The van der Waals surface area contributed by atoms with Crippen LogP contribution in [0.3, 0.4) is 0 Å². The van der Waals surface area contributed by atoms with E-state index in [-0.39, 0.29) is 5.75 Å². The first kappa shape index (κ1) is 9.35. The minimum atomic E-state index is -0.00259. The molecule has 0 unspecified atom stereocenters. The van der Waals surface area contributed by atoms with Gasteiger partial charge in [0.1, 0.15) is 5.75 Å². The fourth-order valence-corrected chi connectivity index (χ4v) is 1.58. The summed E-state index contributed by atoms with van der Waals surface area (Å²) >= 11 is 8.76. The molecule has 1 aromatic rings. The molecule has 2 N–H and O–H groups in total. The zero-order valence-electron chi connectivity index (χ0n) is 5.83. The minimum absolute atomic E-state index is 0.00259. The molecule has 0 bridgehead atoms. The van der Waals surface area contributed by atoms with Crippen LogP contribution in [0, 0.1) is 0 Å². The molecule has 0 amide bonds. The highest BCUT2D eigenvalue weighted by Gasteiger charge is 2.04. The molecule has 5 heteroatoms. The molecule has 1 aromatic carbocycles. The van der Waals surface area contributed by atoms with Crippen molar-refractivity contribution in [2.45, 2.75) is 0 Å². The van der Waals surface area contributed by atoms with E-state index in [4.69, 9.17) is 16.8 Å². The molecule has 3 nitrogen and oxygen atoms in total. The van der Waals surface area contributed by atoms with Crippen molar-refractivity contribution in [3.63, 3.8) is 0 Å². The maximum atomic E-state index is 9.35. The SMILES string of the molecule is ON=Cc1cc(Cl)cc(Br)c1O. The number of phenolic OH excluding ortho intramolecular Hbond substituents is 1. The van der Waals surface area contributed by atoms with Crippen LogP contribution in [0.4, 0.5) is 0 Å². The number of hydrogen-bond acceptors (Lipinski definition) is 3. The molecule has 0 aliphatic rings. The van der Waals surface area contributed by atoms with Crippen molar-refractivity contribution < 1.29 is 10.3 Å². The maximum Gasteiger partial charge on any atom is 0.138 e. The van der Waals surface area contributed by atoms with Gasteiger partial charge in [0.05, 0.1) is 10.7 Å². The molecule has 0 heterocycles. The normalized spacial score (nSPS) is 10.8. The Kier molecular flexibility index (Phi) is 2.94. The van der Waals surface area contributed by atoms with Crippen LogP contribution in [0.5, 0.6) is 5.75 Å². The fourth-order valence-electron chi connectivity index (χ4n) is 0.746. The Morgan fingerprint density at radius 2 is 2.17 bits per heavy atom. The molecular weight excluding hydrogens is 245 g/mol. The van der Waals surface area contributed by atoms with Gasteiger partial charge in [-0.15, -0.1) is 0 Å². The summed E-state index contributed by atoms with van der Waals surface area (Å²) in [5.41, 5.74) is 0.358. The van der Waals surface area contributed by atoms with Crippen LogP contribution in [0.1, 0.15) is 5.56 Å². The molecule has 0 aliphatic heterocycles. The van der Waals surface area contributed by atoms with Crippen LogP contribution in [0.15, 0.2) is 21.8 Å². The Morgan fingerprint density at radius 1 is 1.50 bits per heavy atom. The molecule has 0 aliphatic carbocycles. The van der Waals surface area contributed by atoms with E-state index < -0.39 is 0 Å². The van der Waals surface area contributed by atoms with Crippen molar-refractivity contribution in [2.75, 3.05) is 0 Å². The van der Waals surface area contributed by atoms with E-state index in [0.29, 0.717) is 15.1 Å². The third-order valence-corrected chi connectivity index (χ3v) is 2.08. The van der Waals surface area contributed by atoms with Gasteiger partial charge in [-0.05, 0) is 28.1 Å². The summed E-state index contributed by atoms with van der Waals surface area (Å²) in [5.74, 6) is -0.00259. The molecule has 0 saturated heterocycles. The van der Waals surface area contributed by atoms with Gasteiger partial charge in [-0.3, -0.25) is 0 Å². The van der Waals surface area contributed by atoms with Gasteiger partial charge >= 0.3 is 0 Å². The molecule has 0 aromatic heterocycles. The average Bonchev–Trinajstić information content (AvgIpc) is 2.00. The van der Waals surface area contributed by atoms with E-state index in [0.717, 1.165) is 6.21 Å². The predicted octanol–water partition coefficient (Wildman–Crippen LogP) is 2.62. The van der Waals surface area contributed by atoms with Gasteiger partial charge < -0.3 is 10.3 Å². The summed E-state index contributed by atoms with van der Waals surface area (Å²) in [5, 5.41) is 20.8. The molecule has 0 radical (unpaired) electrons. The number of rotatable bonds is 1. The van der Waals surface area contributed by atoms with Crippen LogP contribution in [0.25, 0.3) is 0 Å². The smallest absolute Gasteiger partial charge is 0.138 e. The molecule has 12 heavy (non-hydrogen) atoms. The van der Waals surface area contributed by atoms with Crippen LogP contribution in [0.2, 0.25) is 5.02 Å². The average molecular weight is 250 g/mol. The zero-order valence-corrected chi connectivity index (χ0v) is 8.17. The van der Waals surface area contributed by atoms with Gasteiger partial charge in [0.15, 0.2) is 0 Å². The number of benzene rings is 1. The number of oxime groups is 1. The minimum Gasteiger partial charge on any atom is -0.506 e. The molecule has 0 saturated carbocycles. The molecule has 0 spiro atoms. The topological polar surface area (TPSA) is 52.8 Å². The van der Waals surface area contributed by atoms with Crippen LogP contribution in [-0.4, -0.2) is 16.5 Å². The fraction of sp³-hybridized carbons (Fsp3) is 0. The lowest BCUT2D eigenvalue weighted by Crippen LogP contribution is -1.83. The number of phenols is 1. The van der Waals surface area contributed by atoms with Crippen LogP contribution in [-0.2, 0) is 0 Å². The quantitative estimate of drug-likeness (QED) is 0.457. The highest BCUT2D eigenvalue weighted by molar-refractivity contribution is 9.10. The van der Waals surface area contributed by atoms with Crippen LogP contribution >= 0.6 is 27.5 Å². The summed E-state index contributed by atoms with van der Waals surface area (Å²) < 4.78 is 0.463. The van der Waals surface area contributed by atoms with Gasteiger partial charge in [-0.1, -0.05) is 16.8 Å². The van der Waals surface area contributed by atoms with Gasteiger partial charge in [-0.25, -0.2) is 0 Å². The van der Waals surface area contributed by atoms with Gasteiger partial charge in [0.25, 0.3) is 0 Å². The Morgan fingerprint density at radius 3 is 2.75 bits per heavy atom. The first-order valence-electron chi connectivity index (χ1n) is 3.00. The monoisotopic (exact) mass is 249 g/mol. The highest BCUT2D eigenvalue weighted by Crippen LogP contribution is 2.30. The standard InChI is InChI=1S/C7H5BrClNO2/c8-6-2-5(9)1-4(3-10-12)7(6)11/h1-3,11-12H. The summed E-state index contributed by atoms with van der Waals surface area (Å²) in [6.07, 6.45) is 1.10. The Balaban J connectivity index is 3.27. The lowest BCUT2D eigenvalue weighted by atomic mass is 10.2. The number of nitrogens with zero attached hydrogens (tertiary/aromatic N) is 1. The zero-order chi connectivity index (χ0) is 9.14. The molecule has 64 valence electrons. The second-order valence-corrected chi connectivity index (χ2v) is 3.36. The molecule has 0 atom stereocenters. The van der Waals surface area contributed by atoms with Crippen LogP contribution < -0.4 is 0 Å². The molecule has 1 rings (SSSR count). The van der Waals surface area contributed by atoms with E-state index in [1.54, 1.807) is 6.07 Å². The second-order valence-electron chi connectivity index (χ2n) is 2.07. The number of aromatic hydroxyl groups is 1. The predicted molar refractivity (Wildman–Crippen MR) is 50.2 cm³/mol. The Bertz CT molecular complexity index is 327. The van der Waals surface area contributed by atoms with E-state index in [1.165, 1.54) is 6.07 Å². The van der Waals surface area contributed by atoms with Crippen molar-refractivity contribution in [2.24, 2.45) is 5.16 Å². The van der Waals surface area contributed by atoms with E-state index in [9.17, 15) is 5.11 Å². The van der Waals surface area contributed by atoms with E-state index >= 15 is 0 Å². The van der Waals surface area contributed by atoms with Gasteiger partial charge in [0, 0.05) is 10.6 Å². The summed E-state index contributed by atoms with van der Waals surface area (Å²) in [4.78, 5) is 0. The van der Waals surface area contributed by atoms with Crippen molar-refractivity contribution in [3.05, 3.63) is 27.2 Å². The lowest BCUT2D eigenvalue weighted by molar-refractivity contribution is 0.321. The van der Waals surface area contributed by atoms with Crippen molar-refractivity contribution >= 4 is 33.7 Å². The summed E-state index contributed by atoms with van der Waals surface area (Å²) in [7, 11) is 0. The first-order chi connectivity index (χ1) is 5.65. The van der Waals surface area contributed by atoms with Crippen molar-refractivity contribution in [1.29, 1.82) is 0 Å². The van der Waals surface area contributed by atoms with E-state index in [2.05, 4.69) is 21.1 Å². The van der Waals surface area contributed by atoms with Gasteiger partial charge in [-0.2, -0.15) is 0 Å². The van der Waals surface area contributed by atoms with E-state index in [1.807, 2.05) is 0 Å². The third kappa shape index (κ3) is 1.89. The summed E-state index contributed by atoms with van der Waals surface area (Å²) in [6, 6.07) is 3.03. The largest absolute Gasteiger partial charge is 0.506 e. The maximum absolute atomic E-state index is 9.35. The highest BCUT2D eigenvalue weighted by atomic mass is 79.9. The first-order valence-corrected chi connectivity index (χ1v) is 4.17. The second kappa shape index (κ2) is 3.78. The Hall–Kier alpha value is -0.740. The molecular formula is C7H5BrClNO2. The lowest BCUT2D eigenvalue weighted by Gasteiger charge is -2.01. The number of hydrogen-bond donors (Lipinski definition) is 2. The summed E-state index contributed by atoms with van der Waals surface area (Å²) in [6.45, 7) is 0. The molecule has 0 fully saturated rings. The Labute approximate surface area is 82.4 Å². The van der Waals surface area contributed by atoms with Crippen molar-refractivity contribution in [3.8, 4) is 5.75 Å². The van der Waals surface area contributed by atoms with Gasteiger partial charge in [0.2, 0.25) is 0 Å². The van der Waals surface area contributed by atoms with Crippen molar-refractivity contribution in [1.82, 2.24) is 0 Å². The number of halogens is 2.